The first-order valence-corrected chi connectivity index (χ1v) is 11.2. The fraction of sp³-hybridized carbons (Fsp3) is 0.231. The third-order valence-corrected chi connectivity index (χ3v) is 6.52. The normalized spacial score (nSPS) is 11.3. The van der Waals surface area contributed by atoms with Crippen molar-refractivity contribution in [1.82, 2.24) is 9.88 Å². The molecule has 0 unspecified atom stereocenters. The van der Waals surface area contributed by atoms with E-state index in [1.165, 1.54) is 11.1 Å². The van der Waals surface area contributed by atoms with Gasteiger partial charge in [0.05, 0.1) is 10.2 Å². The second kappa shape index (κ2) is 9.00. The van der Waals surface area contributed by atoms with Crippen molar-refractivity contribution in [3.05, 3.63) is 83.4 Å². The minimum absolute atomic E-state index is 0.0186. The quantitative estimate of drug-likeness (QED) is 0.389. The van der Waals surface area contributed by atoms with Gasteiger partial charge in [-0.3, -0.25) is 9.69 Å². The first-order valence-electron chi connectivity index (χ1n) is 10.4. The molecule has 0 aliphatic carbocycles. The maximum absolute atomic E-state index is 13.5. The van der Waals surface area contributed by atoms with E-state index >= 15 is 0 Å². The van der Waals surface area contributed by atoms with Crippen LogP contribution in [-0.2, 0) is 0 Å². The standard InChI is InChI=1S/C26H27N3OS/c1-18-16-19(2)24-23(17-18)27-26(31-24)29(15-14-28(3)4)25(30)22-12-10-21(11-13-22)20-8-6-5-7-9-20/h5-13,16-17H,14-15H2,1-4H3. The number of anilines is 1. The van der Waals surface area contributed by atoms with Crippen LogP contribution < -0.4 is 4.90 Å². The van der Waals surface area contributed by atoms with Crippen molar-refractivity contribution in [1.29, 1.82) is 0 Å². The lowest BCUT2D eigenvalue weighted by Crippen LogP contribution is -2.36. The Kier molecular flexibility index (Phi) is 6.16. The molecule has 31 heavy (non-hydrogen) atoms. The van der Waals surface area contributed by atoms with Crippen molar-refractivity contribution >= 4 is 32.6 Å². The molecule has 4 nitrogen and oxygen atoms in total. The molecule has 1 aromatic heterocycles. The fourth-order valence-corrected chi connectivity index (χ4v) is 4.70. The molecule has 0 aliphatic rings. The van der Waals surface area contributed by atoms with Gasteiger partial charge in [-0.05, 0) is 68.4 Å². The number of benzene rings is 3. The summed E-state index contributed by atoms with van der Waals surface area (Å²) in [5, 5.41) is 0.752. The van der Waals surface area contributed by atoms with Crippen molar-refractivity contribution in [2.24, 2.45) is 0 Å². The highest BCUT2D eigenvalue weighted by Gasteiger charge is 2.22. The number of nitrogens with zero attached hydrogens (tertiary/aromatic N) is 3. The van der Waals surface area contributed by atoms with Crippen LogP contribution in [-0.4, -0.2) is 43.0 Å². The van der Waals surface area contributed by atoms with E-state index in [2.05, 4.69) is 43.0 Å². The van der Waals surface area contributed by atoms with E-state index < -0.39 is 0 Å². The lowest BCUT2D eigenvalue weighted by Gasteiger charge is -2.22. The van der Waals surface area contributed by atoms with Crippen LogP contribution in [0.5, 0.6) is 0 Å². The van der Waals surface area contributed by atoms with Crippen LogP contribution in [0.2, 0.25) is 0 Å². The van der Waals surface area contributed by atoms with Gasteiger partial charge < -0.3 is 4.90 Å². The Morgan fingerprint density at radius 2 is 1.58 bits per heavy atom. The minimum Gasteiger partial charge on any atom is -0.308 e. The highest BCUT2D eigenvalue weighted by Crippen LogP contribution is 2.33. The smallest absolute Gasteiger partial charge is 0.260 e. The molecular weight excluding hydrogens is 402 g/mol. The maximum atomic E-state index is 13.5. The van der Waals surface area contributed by atoms with Gasteiger partial charge in [0.25, 0.3) is 5.91 Å². The number of aryl methyl sites for hydroxylation is 2. The summed E-state index contributed by atoms with van der Waals surface area (Å²) in [7, 11) is 4.03. The zero-order valence-electron chi connectivity index (χ0n) is 18.4. The third-order valence-electron chi connectivity index (χ3n) is 5.29. The topological polar surface area (TPSA) is 36.4 Å². The molecule has 4 aromatic rings. The number of amides is 1. The number of carbonyl (C=O) groups is 1. The third kappa shape index (κ3) is 4.68. The van der Waals surface area contributed by atoms with Crippen LogP contribution in [0.1, 0.15) is 21.5 Å². The summed E-state index contributed by atoms with van der Waals surface area (Å²) in [4.78, 5) is 22.2. The van der Waals surface area contributed by atoms with Crippen LogP contribution in [0, 0.1) is 13.8 Å². The van der Waals surface area contributed by atoms with Gasteiger partial charge in [0.1, 0.15) is 0 Å². The number of hydrogen-bond donors (Lipinski definition) is 0. The Hall–Kier alpha value is -3.02. The van der Waals surface area contributed by atoms with Crippen LogP contribution in [0.25, 0.3) is 21.3 Å². The van der Waals surface area contributed by atoms with E-state index in [0.29, 0.717) is 12.1 Å². The van der Waals surface area contributed by atoms with Gasteiger partial charge >= 0.3 is 0 Å². The van der Waals surface area contributed by atoms with Crippen LogP contribution >= 0.6 is 11.3 Å². The first kappa shape index (κ1) is 21.2. The molecule has 0 fully saturated rings. The van der Waals surface area contributed by atoms with Gasteiger partial charge in [0.15, 0.2) is 5.13 Å². The second-order valence-corrected chi connectivity index (χ2v) is 9.11. The molecule has 0 bridgehead atoms. The molecule has 0 saturated heterocycles. The van der Waals surface area contributed by atoms with Gasteiger partial charge in [-0.1, -0.05) is 59.9 Å². The predicted molar refractivity (Wildman–Crippen MR) is 131 cm³/mol. The number of likely N-dealkylation sites (N-methyl/N-ethyl adjacent to an activating group) is 1. The van der Waals surface area contributed by atoms with Crippen LogP contribution in [0.3, 0.4) is 0 Å². The Labute approximate surface area is 187 Å². The summed E-state index contributed by atoms with van der Waals surface area (Å²) in [6, 6.07) is 22.3. The van der Waals surface area contributed by atoms with Crippen molar-refractivity contribution in [2.45, 2.75) is 13.8 Å². The van der Waals surface area contributed by atoms with E-state index in [4.69, 9.17) is 4.98 Å². The van der Waals surface area contributed by atoms with Gasteiger partial charge in [0, 0.05) is 18.7 Å². The van der Waals surface area contributed by atoms with Crippen LogP contribution in [0.4, 0.5) is 5.13 Å². The molecule has 0 spiro atoms. The first-order chi connectivity index (χ1) is 14.9. The van der Waals surface area contributed by atoms with E-state index in [1.807, 2.05) is 61.5 Å². The predicted octanol–water partition coefficient (Wildman–Crippen LogP) is 5.79. The molecule has 3 aromatic carbocycles. The Morgan fingerprint density at radius 1 is 0.903 bits per heavy atom. The summed E-state index contributed by atoms with van der Waals surface area (Å²) in [5.41, 5.74) is 6.26. The van der Waals surface area contributed by atoms with Crippen molar-refractivity contribution < 1.29 is 4.79 Å². The number of fused-ring (bicyclic) bond motifs is 1. The van der Waals surface area contributed by atoms with Crippen LogP contribution in [0.15, 0.2) is 66.7 Å². The monoisotopic (exact) mass is 429 g/mol. The molecule has 4 rings (SSSR count). The summed E-state index contributed by atoms with van der Waals surface area (Å²) < 4.78 is 1.14. The highest BCUT2D eigenvalue weighted by atomic mass is 32.1. The lowest BCUT2D eigenvalue weighted by molar-refractivity contribution is 0.0985. The molecule has 1 heterocycles. The molecule has 158 valence electrons. The SMILES string of the molecule is Cc1cc(C)c2sc(N(CCN(C)C)C(=O)c3ccc(-c4ccccc4)cc3)nc2c1. The summed E-state index contributed by atoms with van der Waals surface area (Å²) >= 11 is 1.59. The maximum Gasteiger partial charge on any atom is 0.260 e. The highest BCUT2D eigenvalue weighted by molar-refractivity contribution is 7.22. The van der Waals surface area contributed by atoms with E-state index in [9.17, 15) is 4.79 Å². The zero-order valence-corrected chi connectivity index (χ0v) is 19.2. The largest absolute Gasteiger partial charge is 0.308 e. The van der Waals surface area contributed by atoms with Crippen molar-refractivity contribution in [3.8, 4) is 11.1 Å². The number of thiazole rings is 1. The average Bonchev–Trinajstić information content (AvgIpc) is 3.18. The van der Waals surface area contributed by atoms with Gasteiger partial charge in [0.2, 0.25) is 0 Å². The Bertz CT molecular complexity index is 1200. The molecule has 0 atom stereocenters. The number of carbonyl (C=O) groups excluding carboxylic acids is 1. The minimum atomic E-state index is -0.0186. The molecule has 1 amide bonds. The molecule has 0 N–H and O–H groups in total. The Balaban J connectivity index is 1.67. The fourth-order valence-electron chi connectivity index (χ4n) is 3.66. The van der Waals surface area contributed by atoms with Gasteiger partial charge in [-0.2, -0.15) is 0 Å². The second-order valence-electron chi connectivity index (χ2n) is 8.13. The van der Waals surface area contributed by atoms with E-state index in [1.54, 1.807) is 11.3 Å². The van der Waals surface area contributed by atoms with E-state index in [0.717, 1.165) is 33.0 Å². The molecule has 5 heteroatoms. The summed E-state index contributed by atoms with van der Waals surface area (Å²) in [6.07, 6.45) is 0. The average molecular weight is 430 g/mol. The number of rotatable bonds is 6. The van der Waals surface area contributed by atoms with E-state index in [-0.39, 0.29) is 5.91 Å². The zero-order chi connectivity index (χ0) is 22.0. The number of hydrogen-bond acceptors (Lipinski definition) is 4. The van der Waals surface area contributed by atoms with Crippen molar-refractivity contribution in [2.75, 3.05) is 32.1 Å². The van der Waals surface area contributed by atoms with Crippen molar-refractivity contribution in [3.63, 3.8) is 0 Å². The summed E-state index contributed by atoms with van der Waals surface area (Å²) in [5.74, 6) is -0.0186. The Morgan fingerprint density at radius 3 is 2.26 bits per heavy atom. The molecular formula is C26H27N3OS. The molecule has 0 saturated carbocycles. The summed E-state index contributed by atoms with van der Waals surface area (Å²) in [6.45, 7) is 5.53. The molecule has 0 radical (unpaired) electrons. The lowest BCUT2D eigenvalue weighted by atomic mass is 10.0. The number of aromatic nitrogens is 1. The van der Waals surface area contributed by atoms with Gasteiger partial charge in [-0.25, -0.2) is 4.98 Å². The van der Waals surface area contributed by atoms with Gasteiger partial charge in [-0.15, -0.1) is 0 Å². The molecule has 0 aliphatic heterocycles.